The topological polar surface area (TPSA) is 121 Å². The molecule has 2 atom stereocenters. The standard InChI is InChI=1S/C43H40ClN7O3/c1-27-48-49-40-21-18-37(46-33-16-14-32(44)15-17-33)35-24-31(13-19-38(35)51(27)40)29-11-9-28(10-12-29)25-45-23-4-2-3-6-30-7-5-8-34-36(30)26-50(43(34)54)39-20-22-41(52)47-42(39)53/h5,7-17,19,24,37,39,45-46H,2,4,18,20-23,25-26H2,1H3,(H,47,52,53). The summed E-state index contributed by atoms with van der Waals surface area (Å²) < 4.78 is 2.18. The van der Waals surface area contributed by atoms with Crippen LogP contribution in [0.15, 0.2) is 84.9 Å². The Morgan fingerprint density at radius 3 is 2.56 bits per heavy atom. The van der Waals surface area contributed by atoms with Crippen molar-refractivity contribution < 1.29 is 14.4 Å². The van der Waals surface area contributed by atoms with Crippen LogP contribution in [0.1, 0.15) is 82.4 Å². The third-order valence-electron chi connectivity index (χ3n) is 10.5. The molecule has 4 aromatic carbocycles. The highest BCUT2D eigenvalue weighted by atomic mass is 35.5. The summed E-state index contributed by atoms with van der Waals surface area (Å²) in [5.74, 6) is 7.49. The van der Waals surface area contributed by atoms with Crippen LogP contribution in [0.4, 0.5) is 5.69 Å². The maximum atomic E-state index is 13.1. The normalized spacial score (nSPS) is 17.5. The van der Waals surface area contributed by atoms with Gasteiger partial charge < -0.3 is 15.5 Å². The fourth-order valence-corrected chi connectivity index (χ4v) is 7.76. The van der Waals surface area contributed by atoms with Crippen molar-refractivity contribution in [2.45, 2.75) is 70.6 Å². The summed E-state index contributed by atoms with van der Waals surface area (Å²) >= 11 is 6.16. The Kier molecular flexibility index (Phi) is 10.00. The SMILES string of the molecule is Cc1nnc2n1-c1ccc(-c3ccc(CNCCCC#Cc4cccc5c4CN(C4CCC(=O)NC4=O)C5=O)cc3)cc1C(Nc1ccc(Cl)cc1)CC2. The number of aryl methyl sites for hydroxylation is 2. The molecular formula is C43H40ClN7O3. The Hall–Kier alpha value is -5.76. The molecule has 2 unspecified atom stereocenters. The average Bonchev–Trinajstić information content (AvgIpc) is 3.67. The van der Waals surface area contributed by atoms with Crippen molar-refractivity contribution in [2.24, 2.45) is 0 Å². The summed E-state index contributed by atoms with van der Waals surface area (Å²) in [7, 11) is 0. The van der Waals surface area contributed by atoms with E-state index < -0.39 is 11.9 Å². The number of fused-ring (bicyclic) bond motifs is 4. The van der Waals surface area contributed by atoms with E-state index in [4.69, 9.17) is 11.6 Å². The number of carbonyl (C=O) groups is 3. The number of halogens is 1. The highest BCUT2D eigenvalue weighted by Gasteiger charge is 2.39. The molecule has 3 aliphatic rings. The molecule has 1 fully saturated rings. The molecular weight excluding hydrogens is 698 g/mol. The summed E-state index contributed by atoms with van der Waals surface area (Å²) in [6, 6.07) is 28.2. The minimum Gasteiger partial charge on any atom is -0.378 e. The van der Waals surface area contributed by atoms with Crippen LogP contribution < -0.4 is 16.0 Å². The van der Waals surface area contributed by atoms with Crippen molar-refractivity contribution in [3.05, 3.63) is 129 Å². The first-order chi connectivity index (χ1) is 26.3. The summed E-state index contributed by atoms with van der Waals surface area (Å²) in [6.07, 6.45) is 3.87. The van der Waals surface area contributed by atoms with Crippen LogP contribution in [0, 0.1) is 18.8 Å². The fourth-order valence-electron chi connectivity index (χ4n) is 7.63. The Balaban J connectivity index is 0.870. The minimum atomic E-state index is -0.634. The second kappa shape index (κ2) is 15.3. The van der Waals surface area contributed by atoms with Crippen LogP contribution in [-0.4, -0.2) is 50.0 Å². The molecule has 3 amide bonds. The van der Waals surface area contributed by atoms with Crippen molar-refractivity contribution in [3.63, 3.8) is 0 Å². The van der Waals surface area contributed by atoms with E-state index in [2.05, 4.69) is 85.0 Å². The number of anilines is 1. The van der Waals surface area contributed by atoms with Crippen LogP contribution in [0.2, 0.25) is 5.02 Å². The van der Waals surface area contributed by atoms with E-state index in [-0.39, 0.29) is 24.3 Å². The molecule has 0 saturated carbocycles. The van der Waals surface area contributed by atoms with Crippen molar-refractivity contribution in [2.75, 3.05) is 11.9 Å². The van der Waals surface area contributed by atoms with Crippen molar-refractivity contribution in [1.82, 2.24) is 30.3 Å². The van der Waals surface area contributed by atoms with Gasteiger partial charge in [0.05, 0.1) is 11.7 Å². The number of nitrogens with zero attached hydrogens (tertiary/aromatic N) is 4. The van der Waals surface area contributed by atoms with E-state index in [1.54, 1.807) is 11.0 Å². The number of hydrogen-bond acceptors (Lipinski definition) is 7. The zero-order chi connectivity index (χ0) is 37.2. The number of imide groups is 1. The molecule has 0 radical (unpaired) electrons. The smallest absolute Gasteiger partial charge is 0.255 e. The molecule has 54 heavy (non-hydrogen) atoms. The predicted octanol–water partition coefficient (Wildman–Crippen LogP) is 6.68. The molecule has 1 saturated heterocycles. The quantitative estimate of drug-likeness (QED) is 0.0878. The van der Waals surface area contributed by atoms with Gasteiger partial charge in [0.1, 0.15) is 17.7 Å². The Morgan fingerprint density at radius 1 is 0.926 bits per heavy atom. The van der Waals surface area contributed by atoms with Gasteiger partial charge in [-0.15, -0.1) is 10.2 Å². The van der Waals surface area contributed by atoms with Crippen molar-refractivity contribution in [1.29, 1.82) is 0 Å². The van der Waals surface area contributed by atoms with Gasteiger partial charge in [0, 0.05) is 54.2 Å². The van der Waals surface area contributed by atoms with Gasteiger partial charge in [-0.05, 0) is 109 Å². The molecule has 3 aliphatic heterocycles. The number of benzene rings is 4. The number of nitrogens with one attached hydrogen (secondary N) is 3. The van der Waals surface area contributed by atoms with Crippen LogP contribution in [0.3, 0.4) is 0 Å². The lowest BCUT2D eigenvalue weighted by molar-refractivity contribution is -0.136. The molecule has 272 valence electrons. The monoisotopic (exact) mass is 737 g/mol. The summed E-state index contributed by atoms with van der Waals surface area (Å²) in [6.45, 7) is 3.90. The number of piperidine rings is 1. The lowest BCUT2D eigenvalue weighted by atomic mass is 9.95. The second-order valence-electron chi connectivity index (χ2n) is 14.0. The Morgan fingerprint density at radius 2 is 1.74 bits per heavy atom. The molecule has 4 heterocycles. The van der Waals surface area contributed by atoms with E-state index in [9.17, 15) is 14.4 Å². The minimum absolute atomic E-state index is 0.0865. The summed E-state index contributed by atoms with van der Waals surface area (Å²) in [5.41, 5.74) is 9.08. The maximum absolute atomic E-state index is 13.1. The molecule has 1 aromatic heterocycles. The van der Waals surface area contributed by atoms with E-state index in [1.807, 2.05) is 43.3 Å². The van der Waals surface area contributed by atoms with Gasteiger partial charge in [-0.3, -0.25) is 24.3 Å². The molecule has 5 aromatic rings. The first-order valence-electron chi connectivity index (χ1n) is 18.4. The summed E-state index contributed by atoms with van der Waals surface area (Å²) in [5, 5.41) is 19.2. The van der Waals surface area contributed by atoms with Gasteiger partial charge in [-0.2, -0.15) is 0 Å². The van der Waals surface area contributed by atoms with Gasteiger partial charge in [0.2, 0.25) is 11.8 Å². The number of aromatic nitrogens is 3. The number of carbonyl (C=O) groups excluding carboxylic acids is 3. The van der Waals surface area contributed by atoms with Crippen LogP contribution in [0.5, 0.6) is 0 Å². The third kappa shape index (κ3) is 7.25. The van der Waals surface area contributed by atoms with Gasteiger partial charge in [-0.25, -0.2) is 0 Å². The van der Waals surface area contributed by atoms with E-state index in [1.165, 1.54) is 11.1 Å². The molecule has 0 spiro atoms. The lowest BCUT2D eigenvalue weighted by Gasteiger charge is -2.29. The number of amides is 3. The number of rotatable bonds is 9. The second-order valence-corrected chi connectivity index (χ2v) is 14.5. The summed E-state index contributed by atoms with van der Waals surface area (Å²) in [4.78, 5) is 38.7. The first kappa shape index (κ1) is 35.3. The molecule has 8 rings (SSSR count). The van der Waals surface area contributed by atoms with Crippen molar-refractivity contribution >= 4 is 35.0 Å². The predicted molar refractivity (Wildman–Crippen MR) is 208 cm³/mol. The Labute approximate surface area is 319 Å². The van der Waals surface area contributed by atoms with Crippen LogP contribution in [-0.2, 0) is 29.1 Å². The number of hydrogen-bond donors (Lipinski definition) is 3. The average molecular weight is 738 g/mol. The third-order valence-corrected chi connectivity index (χ3v) is 10.7. The fraction of sp³-hybridized carbons (Fsp3) is 0.279. The van der Waals surface area contributed by atoms with Gasteiger partial charge in [0.25, 0.3) is 5.91 Å². The molecule has 0 bridgehead atoms. The van der Waals surface area contributed by atoms with E-state index in [0.29, 0.717) is 30.0 Å². The lowest BCUT2D eigenvalue weighted by Crippen LogP contribution is -2.52. The maximum Gasteiger partial charge on any atom is 0.255 e. The molecule has 0 aliphatic carbocycles. The zero-order valence-electron chi connectivity index (χ0n) is 30.0. The zero-order valence-corrected chi connectivity index (χ0v) is 30.7. The van der Waals surface area contributed by atoms with Gasteiger partial charge in [0.15, 0.2) is 0 Å². The Bertz CT molecular complexity index is 2310. The van der Waals surface area contributed by atoms with E-state index in [0.717, 1.165) is 77.6 Å². The van der Waals surface area contributed by atoms with Crippen LogP contribution in [0.25, 0.3) is 16.8 Å². The highest BCUT2D eigenvalue weighted by molar-refractivity contribution is 6.30. The van der Waals surface area contributed by atoms with Crippen molar-refractivity contribution in [3.8, 4) is 28.7 Å². The molecule has 3 N–H and O–H groups in total. The highest BCUT2D eigenvalue weighted by Crippen LogP contribution is 2.37. The largest absolute Gasteiger partial charge is 0.378 e. The van der Waals surface area contributed by atoms with Crippen LogP contribution >= 0.6 is 11.6 Å². The van der Waals surface area contributed by atoms with E-state index >= 15 is 0 Å². The van der Waals surface area contributed by atoms with Gasteiger partial charge >= 0.3 is 0 Å². The molecule has 11 heteroatoms. The molecule has 10 nitrogen and oxygen atoms in total. The number of unbranched alkanes of at least 4 members (excludes halogenated alkanes) is 1. The first-order valence-corrected chi connectivity index (χ1v) is 18.8. The van der Waals surface area contributed by atoms with Gasteiger partial charge in [-0.1, -0.05) is 59.8 Å².